The van der Waals surface area contributed by atoms with Crippen LogP contribution in [0.25, 0.3) is 0 Å². The lowest BCUT2D eigenvalue weighted by Crippen LogP contribution is -2.51. The highest BCUT2D eigenvalue weighted by Crippen LogP contribution is 2.17. The molecular formula is C10H15ClN4O. The zero-order valence-corrected chi connectivity index (χ0v) is 9.92. The van der Waals surface area contributed by atoms with E-state index in [0.29, 0.717) is 18.3 Å². The minimum Gasteiger partial charge on any atom is -0.377 e. The summed E-state index contributed by atoms with van der Waals surface area (Å²) in [6.07, 6.45) is 2.49. The highest BCUT2D eigenvalue weighted by Gasteiger charge is 2.18. The van der Waals surface area contributed by atoms with Crippen molar-refractivity contribution < 1.29 is 0 Å². The lowest BCUT2D eigenvalue weighted by atomic mass is 10.2. The third-order valence-electron chi connectivity index (χ3n) is 2.56. The van der Waals surface area contributed by atoms with Crippen molar-refractivity contribution in [3.63, 3.8) is 0 Å². The SMILES string of the molecule is CCCn1ncc(NC2CNC2)c(Cl)c1=O. The van der Waals surface area contributed by atoms with Crippen LogP contribution in [0.15, 0.2) is 11.0 Å². The molecule has 16 heavy (non-hydrogen) atoms. The number of hydrogen-bond acceptors (Lipinski definition) is 4. The van der Waals surface area contributed by atoms with E-state index in [9.17, 15) is 4.79 Å². The van der Waals surface area contributed by atoms with Crippen molar-refractivity contribution in [2.45, 2.75) is 25.9 Å². The van der Waals surface area contributed by atoms with Crippen LogP contribution in [0.2, 0.25) is 5.02 Å². The second-order valence-corrected chi connectivity index (χ2v) is 4.28. The molecule has 1 aromatic rings. The van der Waals surface area contributed by atoms with E-state index in [1.807, 2.05) is 6.92 Å². The van der Waals surface area contributed by atoms with Gasteiger partial charge in [0.05, 0.1) is 17.9 Å². The summed E-state index contributed by atoms with van der Waals surface area (Å²) in [6.45, 7) is 4.39. The number of hydrogen-bond donors (Lipinski definition) is 2. The van der Waals surface area contributed by atoms with Gasteiger partial charge in [0.15, 0.2) is 0 Å². The minimum absolute atomic E-state index is 0.221. The van der Waals surface area contributed by atoms with Crippen molar-refractivity contribution in [2.24, 2.45) is 0 Å². The van der Waals surface area contributed by atoms with E-state index in [2.05, 4.69) is 15.7 Å². The van der Waals surface area contributed by atoms with Gasteiger partial charge >= 0.3 is 0 Å². The molecule has 88 valence electrons. The van der Waals surface area contributed by atoms with E-state index in [0.717, 1.165) is 19.5 Å². The highest BCUT2D eigenvalue weighted by molar-refractivity contribution is 6.32. The Labute approximate surface area is 98.8 Å². The van der Waals surface area contributed by atoms with Crippen molar-refractivity contribution >= 4 is 17.3 Å². The summed E-state index contributed by atoms with van der Waals surface area (Å²) in [5.74, 6) is 0. The molecule has 1 aliphatic heterocycles. The van der Waals surface area contributed by atoms with Crippen LogP contribution >= 0.6 is 11.6 Å². The monoisotopic (exact) mass is 242 g/mol. The van der Waals surface area contributed by atoms with E-state index >= 15 is 0 Å². The van der Waals surface area contributed by atoms with Crippen molar-refractivity contribution in [1.29, 1.82) is 0 Å². The molecule has 0 spiro atoms. The molecule has 1 saturated heterocycles. The molecule has 1 aliphatic rings. The molecule has 0 atom stereocenters. The number of rotatable bonds is 4. The van der Waals surface area contributed by atoms with Crippen LogP contribution in [-0.2, 0) is 6.54 Å². The predicted molar refractivity (Wildman–Crippen MR) is 64.1 cm³/mol. The van der Waals surface area contributed by atoms with Crippen molar-refractivity contribution in [3.8, 4) is 0 Å². The van der Waals surface area contributed by atoms with E-state index in [-0.39, 0.29) is 10.6 Å². The lowest BCUT2D eigenvalue weighted by molar-refractivity contribution is 0.471. The Bertz CT molecular complexity index is 427. The number of aryl methyl sites for hydroxylation is 1. The van der Waals surface area contributed by atoms with Crippen LogP contribution in [-0.4, -0.2) is 28.9 Å². The third kappa shape index (κ3) is 2.20. The van der Waals surface area contributed by atoms with Gasteiger partial charge < -0.3 is 10.6 Å². The van der Waals surface area contributed by atoms with Crippen LogP contribution in [0.3, 0.4) is 0 Å². The second kappa shape index (κ2) is 4.84. The Hall–Kier alpha value is -1.07. The lowest BCUT2D eigenvalue weighted by Gasteiger charge is -2.29. The molecule has 2 N–H and O–H groups in total. The molecule has 5 nitrogen and oxygen atoms in total. The number of halogens is 1. The molecule has 0 aromatic carbocycles. The summed E-state index contributed by atoms with van der Waals surface area (Å²) < 4.78 is 1.40. The van der Waals surface area contributed by atoms with Gasteiger partial charge in [-0.2, -0.15) is 5.10 Å². The number of nitrogens with one attached hydrogen (secondary N) is 2. The Morgan fingerprint density at radius 1 is 1.69 bits per heavy atom. The molecule has 2 heterocycles. The molecular weight excluding hydrogens is 228 g/mol. The first-order valence-corrected chi connectivity index (χ1v) is 5.83. The second-order valence-electron chi connectivity index (χ2n) is 3.90. The average Bonchev–Trinajstić information content (AvgIpc) is 2.21. The highest BCUT2D eigenvalue weighted by atomic mass is 35.5. The Morgan fingerprint density at radius 3 is 3.00 bits per heavy atom. The van der Waals surface area contributed by atoms with E-state index in [1.165, 1.54) is 4.68 Å². The summed E-state index contributed by atoms with van der Waals surface area (Å²) in [6, 6.07) is 0.348. The van der Waals surface area contributed by atoms with Crippen molar-refractivity contribution in [2.75, 3.05) is 18.4 Å². The van der Waals surface area contributed by atoms with Crippen LogP contribution in [0, 0.1) is 0 Å². The third-order valence-corrected chi connectivity index (χ3v) is 2.93. The van der Waals surface area contributed by atoms with E-state index in [4.69, 9.17) is 11.6 Å². The molecule has 2 rings (SSSR count). The molecule has 0 amide bonds. The Balaban J connectivity index is 2.20. The predicted octanol–water partition coefficient (Wildman–Crippen LogP) is 0.690. The maximum absolute atomic E-state index is 11.8. The Kier molecular flexibility index (Phi) is 3.46. The first kappa shape index (κ1) is 11.4. The van der Waals surface area contributed by atoms with Gasteiger partial charge in [-0.25, -0.2) is 4.68 Å². The number of nitrogens with zero attached hydrogens (tertiary/aromatic N) is 2. The molecule has 0 aliphatic carbocycles. The summed E-state index contributed by atoms with van der Waals surface area (Å²) in [5, 5.41) is 10.6. The average molecular weight is 243 g/mol. The topological polar surface area (TPSA) is 59.0 Å². The molecule has 0 radical (unpaired) electrons. The van der Waals surface area contributed by atoms with Crippen LogP contribution in [0.5, 0.6) is 0 Å². The summed E-state index contributed by atoms with van der Waals surface area (Å²) in [7, 11) is 0. The van der Waals surface area contributed by atoms with E-state index in [1.54, 1.807) is 6.20 Å². The number of aromatic nitrogens is 2. The van der Waals surface area contributed by atoms with Crippen LogP contribution in [0.1, 0.15) is 13.3 Å². The summed E-state index contributed by atoms with van der Waals surface area (Å²) in [5.41, 5.74) is 0.409. The maximum Gasteiger partial charge on any atom is 0.287 e. The van der Waals surface area contributed by atoms with Gasteiger partial charge in [0.2, 0.25) is 0 Å². The van der Waals surface area contributed by atoms with Crippen LogP contribution in [0.4, 0.5) is 5.69 Å². The van der Waals surface area contributed by atoms with Gasteiger partial charge in [-0.1, -0.05) is 18.5 Å². The summed E-state index contributed by atoms with van der Waals surface area (Å²) >= 11 is 6.00. The Morgan fingerprint density at radius 2 is 2.44 bits per heavy atom. The molecule has 1 aromatic heterocycles. The normalized spacial score (nSPS) is 15.9. The standard InChI is InChI=1S/C10H15ClN4O/c1-2-3-15-10(16)9(11)8(6-13-15)14-7-4-12-5-7/h6-7,12,14H,2-5H2,1H3. The van der Waals surface area contributed by atoms with Gasteiger partial charge in [0.25, 0.3) is 5.56 Å². The fourth-order valence-electron chi connectivity index (χ4n) is 1.55. The quantitative estimate of drug-likeness (QED) is 0.816. The molecule has 0 bridgehead atoms. The van der Waals surface area contributed by atoms with Crippen molar-refractivity contribution in [1.82, 2.24) is 15.1 Å². The summed E-state index contributed by atoms with van der Waals surface area (Å²) in [4.78, 5) is 11.8. The first-order valence-electron chi connectivity index (χ1n) is 5.45. The fraction of sp³-hybridized carbons (Fsp3) is 0.600. The van der Waals surface area contributed by atoms with E-state index < -0.39 is 0 Å². The van der Waals surface area contributed by atoms with Gasteiger partial charge in [0.1, 0.15) is 5.02 Å². The molecule has 6 heteroatoms. The number of anilines is 1. The van der Waals surface area contributed by atoms with Crippen molar-refractivity contribution in [3.05, 3.63) is 21.6 Å². The maximum atomic E-state index is 11.8. The van der Waals surface area contributed by atoms with Gasteiger partial charge in [0, 0.05) is 19.6 Å². The minimum atomic E-state index is -0.221. The van der Waals surface area contributed by atoms with Gasteiger partial charge in [-0.3, -0.25) is 4.79 Å². The molecule has 0 unspecified atom stereocenters. The zero-order valence-electron chi connectivity index (χ0n) is 9.16. The van der Waals surface area contributed by atoms with Gasteiger partial charge in [-0.15, -0.1) is 0 Å². The first-order chi connectivity index (χ1) is 7.72. The molecule has 1 fully saturated rings. The van der Waals surface area contributed by atoms with Gasteiger partial charge in [-0.05, 0) is 6.42 Å². The fourth-order valence-corrected chi connectivity index (χ4v) is 1.75. The van der Waals surface area contributed by atoms with Crippen LogP contribution < -0.4 is 16.2 Å². The smallest absolute Gasteiger partial charge is 0.287 e. The molecule has 0 saturated carbocycles. The zero-order chi connectivity index (χ0) is 11.5. The largest absolute Gasteiger partial charge is 0.377 e.